The molecule has 0 atom stereocenters. The first-order chi connectivity index (χ1) is 10.6. The number of ketones is 1. The number of rotatable bonds is 1. The Hall–Kier alpha value is -2.53. The lowest BCUT2D eigenvalue weighted by Crippen LogP contribution is -1.97. The van der Waals surface area contributed by atoms with Gasteiger partial charge in [0.25, 0.3) is 0 Å². The molecule has 0 amide bonds. The summed E-state index contributed by atoms with van der Waals surface area (Å²) < 4.78 is 6.54. The number of carbonyl (C=O) groups is 1. The van der Waals surface area contributed by atoms with Crippen molar-refractivity contribution in [2.75, 3.05) is 0 Å². The summed E-state index contributed by atoms with van der Waals surface area (Å²) in [6, 6.07) is 10.4. The molecular weight excluding hydrogens is 346 g/mol. The number of benzene rings is 2. The van der Waals surface area contributed by atoms with E-state index in [0.717, 1.165) is 20.9 Å². The largest absolute Gasteiger partial charge is 0.508 e. The van der Waals surface area contributed by atoms with Crippen molar-refractivity contribution in [3.05, 3.63) is 64.0 Å². The minimum Gasteiger partial charge on any atom is -0.508 e. The molecule has 0 fully saturated rings. The van der Waals surface area contributed by atoms with Gasteiger partial charge in [0, 0.05) is 33.2 Å². The van der Waals surface area contributed by atoms with Gasteiger partial charge in [-0.1, -0.05) is 15.9 Å². The second-order valence-electron chi connectivity index (χ2n) is 5.05. The summed E-state index contributed by atoms with van der Waals surface area (Å²) in [5.41, 5.74) is 2.32. The SMILES string of the molecule is O=C1C(=Cc2c[nH]c3ccc(Br)cc23)Oc2cc(O)ccc21. The van der Waals surface area contributed by atoms with Gasteiger partial charge in [0.1, 0.15) is 11.5 Å². The Bertz CT molecular complexity index is 956. The van der Waals surface area contributed by atoms with Gasteiger partial charge in [-0.15, -0.1) is 0 Å². The zero-order chi connectivity index (χ0) is 15.3. The molecule has 0 bridgehead atoms. The third kappa shape index (κ3) is 2.02. The van der Waals surface area contributed by atoms with Crippen molar-refractivity contribution < 1.29 is 14.6 Å². The topological polar surface area (TPSA) is 62.3 Å². The highest BCUT2D eigenvalue weighted by Crippen LogP contribution is 2.35. The molecular formula is C17H10BrNO3. The molecule has 1 aromatic heterocycles. The van der Waals surface area contributed by atoms with Crippen LogP contribution in [0.1, 0.15) is 15.9 Å². The molecule has 0 aliphatic carbocycles. The Morgan fingerprint density at radius 1 is 1.18 bits per heavy atom. The molecule has 0 saturated carbocycles. The van der Waals surface area contributed by atoms with Crippen LogP contribution in [0.15, 0.2) is 52.8 Å². The van der Waals surface area contributed by atoms with E-state index in [0.29, 0.717) is 11.3 Å². The van der Waals surface area contributed by atoms with Crippen molar-refractivity contribution in [3.63, 3.8) is 0 Å². The van der Waals surface area contributed by atoms with Crippen LogP contribution in [-0.2, 0) is 0 Å². The number of nitrogens with one attached hydrogen (secondary N) is 1. The summed E-state index contributed by atoms with van der Waals surface area (Å²) in [5, 5.41) is 10.5. The summed E-state index contributed by atoms with van der Waals surface area (Å²) >= 11 is 3.45. The van der Waals surface area contributed by atoms with Gasteiger partial charge in [-0.3, -0.25) is 4.79 Å². The standard InChI is InChI=1S/C17H10BrNO3/c18-10-1-4-14-13(6-10)9(8-19-14)5-16-17(21)12-3-2-11(20)7-15(12)22-16/h1-8,19-20H. The lowest BCUT2D eigenvalue weighted by Gasteiger charge is -1.98. The fraction of sp³-hybridized carbons (Fsp3) is 0. The Kier molecular flexibility index (Phi) is 2.84. The van der Waals surface area contributed by atoms with Crippen molar-refractivity contribution >= 4 is 38.7 Å². The number of H-pyrrole nitrogens is 1. The molecule has 108 valence electrons. The quantitative estimate of drug-likeness (QED) is 0.641. The summed E-state index contributed by atoms with van der Waals surface area (Å²) in [6.45, 7) is 0. The van der Waals surface area contributed by atoms with E-state index in [1.54, 1.807) is 12.1 Å². The first-order valence-corrected chi connectivity index (χ1v) is 7.45. The van der Waals surface area contributed by atoms with Crippen molar-refractivity contribution in [3.8, 4) is 11.5 Å². The molecule has 0 spiro atoms. The highest BCUT2D eigenvalue weighted by Gasteiger charge is 2.27. The van der Waals surface area contributed by atoms with Crippen LogP contribution >= 0.6 is 15.9 Å². The maximum Gasteiger partial charge on any atom is 0.231 e. The van der Waals surface area contributed by atoms with Crippen LogP contribution in [0.2, 0.25) is 0 Å². The molecule has 5 heteroatoms. The normalized spacial score (nSPS) is 15.3. The second-order valence-corrected chi connectivity index (χ2v) is 5.97. The average molecular weight is 356 g/mol. The predicted octanol–water partition coefficient (Wildman–Crippen LogP) is 4.25. The van der Waals surface area contributed by atoms with E-state index in [4.69, 9.17) is 4.74 Å². The molecule has 3 aromatic rings. The number of hydrogen-bond donors (Lipinski definition) is 2. The van der Waals surface area contributed by atoms with Crippen LogP contribution < -0.4 is 4.74 Å². The second kappa shape index (κ2) is 4.74. The van der Waals surface area contributed by atoms with Crippen LogP contribution in [0, 0.1) is 0 Å². The van der Waals surface area contributed by atoms with E-state index >= 15 is 0 Å². The fourth-order valence-electron chi connectivity index (χ4n) is 2.55. The number of phenols is 1. The lowest BCUT2D eigenvalue weighted by atomic mass is 10.1. The number of phenolic OH excluding ortho intramolecular Hbond substituents is 1. The minimum absolute atomic E-state index is 0.0730. The van der Waals surface area contributed by atoms with E-state index < -0.39 is 0 Å². The summed E-state index contributed by atoms with van der Waals surface area (Å²) in [4.78, 5) is 15.5. The number of hydrogen-bond acceptors (Lipinski definition) is 3. The fourth-order valence-corrected chi connectivity index (χ4v) is 2.91. The van der Waals surface area contributed by atoms with Gasteiger partial charge >= 0.3 is 0 Å². The summed E-state index contributed by atoms with van der Waals surface area (Å²) in [7, 11) is 0. The first-order valence-electron chi connectivity index (χ1n) is 6.66. The van der Waals surface area contributed by atoms with Crippen LogP contribution in [0.5, 0.6) is 11.5 Å². The van der Waals surface area contributed by atoms with Gasteiger partial charge in [0.2, 0.25) is 5.78 Å². The highest BCUT2D eigenvalue weighted by atomic mass is 79.9. The molecule has 2 N–H and O–H groups in total. The molecule has 1 aliphatic heterocycles. The van der Waals surface area contributed by atoms with E-state index in [9.17, 15) is 9.90 Å². The van der Waals surface area contributed by atoms with Crippen molar-refractivity contribution in [1.29, 1.82) is 0 Å². The third-order valence-electron chi connectivity index (χ3n) is 3.62. The molecule has 2 heterocycles. The maximum atomic E-state index is 12.3. The van der Waals surface area contributed by atoms with Crippen LogP contribution in [0.4, 0.5) is 0 Å². The Balaban J connectivity index is 1.80. The van der Waals surface area contributed by atoms with Crippen LogP contribution in [-0.4, -0.2) is 15.9 Å². The molecule has 4 rings (SSSR count). The van der Waals surface area contributed by atoms with Crippen LogP contribution in [0.3, 0.4) is 0 Å². The molecule has 2 aromatic carbocycles. The number of carbonyl (C=O) groups excluding carboxylic acids is 1. The van der Waals surface area contributed by atoms with Crippen molar-refractivity contribution in [2.45, 2.75) is 0 Å². The monoisotopic (exact) mass is 355 g/mol. The van der Waals surface area contributed by atoms with Crippen molar-refractivity contribution in [1.82, 2.24) is 4.98 Å². The van der Waals surface area contributed by atoms with E-state index in [-0.39, 0.29) is 17.3 Å². The number of Topliss-reactive ketones (excluding diaryl/α,β-unsaturated/α-hetero) is 1. The van der Waals surface area contributed by atoms with Gasteiger partial charge in [-0.2, -0.15) is 0 Å². The molecule has 0 radical (unpaired) electrons. The van der Waals surface area contributed by atoms with Gasteiger partial charge in [-0.05, 0) is 36.4 Å². The number of aromatic nitrogens is 1. The molecule has 0 unspecified atom stereocenters. The van der Waals surface area contributed by atoms with Gasteiger partial charge in [-0.25, -0.2) is 0 Å². The van der Waals surface area contributed by atoms with Crippen LogP contribution in [0.25, 0.3) is 17.0 Å². The first kappa shape index (κ1) is 13.2. The van der Waals surface area contributed by atoms with Gasteiger partial charge in [0.05, 0.1) is 5.56 Å². The van der Waals surface area contributed by atoms with E-state index in [1.807, 2.05) is 24.4 Å². The number of aromatic hydroxyl groups is 1. The van der Waals surface area contributed by atoms with Gasteiger partial charge in [0.15, 0.2) is 5.76 Å². The Morgan fingerprint density at radius 2 is 2.05 bits per heavy atom. The average Bonchev–Trinajstić information content (AvgIpc) is 3.01. The third-order valence-corrected chi connectivity index (χ3v) is 4.11. The highest BCUT2D eigenvalue weighted by molar-refractivity contribution is 9.10. The zero-order valence-corrected chi connectivity index (χ0v) is 12.8. The zero-order valence-electron chi connectivity index (χ0n) is 11.3. The predicted molar refractivity (Wildman–Crippen MR) is 87.0 cm³/mol. The molecule has 0 saturated heterocycles. The Labute approximate surface area is 134 Å². The number of ether oxygens (including phenoxy) is 1. The number of allylic oxidation sites excluding steroid dienone is 1. The number of fused-ring (bicyclic) bond motifs is 2. The minimum atomic E-state index is -0.181. The lowest BCUT2D eigenvalue weighted by molar-refractivity contribution is 0.101. The van der Waals surface area contributed by atoms with Gasteiger partial charge < -0.3 is 14.8 Å². The maximum absolute atomic E-state index is 12.3. The molecule has 22 heavy (non-hydrogen) atoms. The smallest absolute Gasteiger partial charge is 0.231 e. The summed E-state index contributed by atoms with van der Waals surface area (Å²) in [6.07, 6.45) is 3.55. The molecule has 4 nitrogen and oxygen atoms in total. The number of aromatic amines is 1. The van der Waals surface area contributed by atoms with E-state index in [2.05, 4.69) is 20.9 Å². The van der Waals surface area contributed by atoms with Crippen molar-refractivity contribution in [2.24, 2.45) is 0 Å². The number of halogens is 1. The summed E-state index contributed by atoms with van der Waals surface area (Å²) in [5.74, 6) is 0.530. The van der Waals surface area contributed by atoms with E-state index in [1.165, 1.54) is 12.1 Å². The molecule has 1 aliphatic rings. The Morgan fingerprint density at radius 3 is 2.91 bits per heavy atom.